The fourth-order valence-corrected chi connectivity index (χ4v) is 2.78. The Morgan fingerprint density at radius 1 is 0.920 bits per heavy atom. The minimum Gasteiger partial charge on any atom is -0.354 e. The zero-order valence-electron chi connectivity index (χ0n) is 15.1. The van der Waals surface area contributed by atoms with Gasteiger partial charge in [0.2, 0.25) is 17.2 Å². The van der Waals surface area contributed by atoms with Gasteiger partial charge in [-0.3, -0.25) is 0 Å². The molecule has 0 aliphatic rings. The van der Waals surface area contributed by atoms with E-state index in [-0.39, 0.29) is 11.3 Å². The molecule has 0 fully saturated rings. The summed E-state index contributed by atoms with van der Waals surface area (Å²) >= 11 is 6.03. The van der Waals surface area contributed by atoms with Crippen LogP contribution in [-0.4, -0.2) is 21.5 Å². The van der Waals surface area contributed by atoms with Crippen LogP contribution in [-0.2, 0) is 0 Å². The van der Waals surface area contributed by atoms with E-state index in [0.29, 0.717) is 11.9 Å². The summed E-state index contributed by atoms with van der Waals surface area (Å²) < 4.78 is 0. The summed E-state index contributed by atoms with van der Waals surface area (Å²) in [6.07, 6.45) is 7.54. The van der Waals surface area contributed by atoms with Gasteiger partial charge < -0.3 is 10.6 Å². The second-order valence-corrected chi connectivity index (χ2v) is 6.56. The Balaban J connectivity index is 1.83. The number of unbranched alkanes of at least 4 members (excludes halogenated alkanes) is 5. The molecule has 0 aliphatic carbocycles. The highest BCUT2D eigenvalue weighted by Crippen LogP contribution is 2.18. The molecule has 0 saturated heterocycles. The first-order chi connectivity index (χ1) is 12.2. The molecule has 2 aromatic rings. The highest BCUT2D eigenvalue weighted by Gasteiger charge is 2.09. The minimum absolute atomic E-state index is 0.0890. The van der Waals surface area contributed by atoms with Crippen molar-refractivity contribution in [1.82, 2.24) is 15.0 Å². The monoisotopic (exact) mass is 361 g/mol. The second-order valence-electron chi connectivity index (χ2n) is 6.22. The first-order valence-electron chi connectivity index (χ1n) is 9.16. The highest BCUT2D eigenvalue weighted by molar-refractivity contribution is 6.28. The molecule has 1 aromatic carbocycles. The van der Waals surface area contributed by atoms with Gasteiger partial charge in [0.25, 0.3) is 0 Å². The van der Waals surface area contributed by atoms with E-state index < -0.39 is 0 Å². The molecule has 6 heteroatoms. The maximum Gasteiger partial charge on any atom is 0.229 e. The van der Waals surface area contributed by atoms with Gasteiger partial charge in [0.05, 0.1) is 6.04 Å². The predicted molar refractivity (Wildman–Crippen MR) is 105 cm³/mol. The summed E-state index contributed by atoms with van der Waals surface area (Å²) in [5.74, 6) is 1.01. The summed E-state index contributed by atoms with van der Waals surface area (Å²) in [7, 11) is 0. The maximum absolute atomic E-state index is 6.03. The molecule has 1 heterocycles. The van der Waals surface area contributed by atoms with Crippen molar-refractivity contribution in [3.63, 3.8) is 0 Å². The maximum atomic E-state index is 6.03. The molecule has 1 aromatic heterocycles. The average molecular weight is 362 g/mol. The van der Waals surface area contributed by atoms with E-state index >= 15 is 0 Å². The van der Waals surface area contributed by atoms with E-state index in [2.05, 4.69) is 51.6 Å². The number of hydrogen-bond acceptors (Lipinski definition) is 5. The number of halogens is 1. The van der Waals surface area contributed by atoms with Crippen molar-refractivity contribution in [2.75, 3.05) is 17.2 Å². The minimum atomic E-state index is 0.0890. The van der Waals surface area contributed by atoms with E-state index in [0.717, 1.165) is 13.0 Å². The van der Waals surface area contributed by atoms with E-state index in [1.165, 1.54) is 37.7 Å². The fraction of sp³-hybridized carbons (Fsp3) is 0.526. The van der Waals surface area contributed by atoms with Gasteiger partial charge in [0.15, 0.2) is 0 Å². The molecule has 136 valence electrons. The quantitative estimate of drug-likeness (QED) is 0.519. The van der Waals surface area contributed by atoms with Crippen LogP contribution in [0.4, 0.5) is 11.9 Å². The van der Waals surface area contributed by atoms with E-state index in [4.69, 9.17) is 11.6 Å². The van der Waals surface area contributed by atoms with Crippen LogP contribution in [0.5, 0.6) is 0 Å². The number of nitrogens with one attached hydrogen (secondary N) is 2. The topological polar surface area (TPSA) is 62.7 Å². The standard InChI is InChI=1S/C19H28ClN5/c1-3-4-5-6-7-11-14-21-18-23-17(20)24-19(25-18)22-15(2)16-12-9-8-10-13-16/h8-10,12-13,15H,3-7,11,14H2,1-2H3,(H2,21,22,23,24,25)/t15-/m0/s1. The lowest BCUT2D eigenvalue weighted by Gasteiger charge is -2.14. The van der Waals surface area contributed by atoms with Crippen LogP contribution >= 0.6 is 11.6 Å². The van der Waals surface area contributed by atoms with Crippen molar-refractivity contribution in [2.45, 2.75) is 58.4 Å². The van der Waals surface area contributed by atoms with Crippen molar-refractivity contribution < 1.29 is 0 Å². The van der Waals surface area contributed by atoms with Crippen molar-refractivity contribution in [1.29, 1.82) is 0 Å². The van der Waals surface area contributed by atoms with Gasteiger partial charge in [-0.1, -0.05) is 69.4 Å². The third-order valence-corrected chi connectivity index (χ3v) is 4.24. The van der Waals surface area contributed by atoms with Gasteiger partial charge in [-0.05, 0) is 30.5 Å². The Bertz CT molecular complexity index is 620. The molecule has 0 aliphatic heterocycles. The van der Waals surface area contributed by atoms with Crippen molar-refractivity contribution in [3.8, 4) is 0 Å². The lowest BCUT2D eigenvalue weighted by Crippen LogP contribution is -2.12. The van der Waals surface area contributed by atoms with Crippen LogP contribution < -0.4 is 10.6 Å². The smallest absolute Gasteiger partial charge is 0.229 e. The number of rotatable bonds is 11. The van der Waals surface area contributed by atoms with Gasteiger partial charge in [-0.2, -0.15) is 15.0 Å². The molecular weight excluding hydrogens is 334 g/mol. The van der Waals surface area contributed by atoms with Gasteiger partial charge in [-0.25, -0.2) is 0 Å². The highest BCUT2D eigenvalue weighted by atomic mass is 35.5. The third kappa shape index (κ3) is 7.26. The molecule has 0 spiro atoms. The van der Waals surface area contributed by atoms with Gasteiger partial charge in [0.1, 0.15) is 0 Å². The number of hydrogen-bond donors (Lipinski definition) is 2. The van der Waals surface area contributed by atoms with E-state index in [1.54, 1.807) is 0 Å². The molecule has 5 nitrogen and oxygen atoms in total. The zero-order chi connectivity index (χ0) is 17.9. The van der Waals surface area contributed by atoms with Crippen LogP contribution in [0.25, 0.3) is 0 Å². The van der Waals surface area contributed by atoms with Gasteiger partial charge in [0, 0.05) is 6.54 Å². The molecule has 1 atom stereocenters. The van der Waals surface area contributed by atoms with Gasteiger partial charge >= 0.3 is 0 Å². The number of aromatic nitrogens is 3. The molecule has 2 rings (SSSR count). The lowest BCUT2D eigenvalue weighted by molar-refractivity contribution is 0.616. The number of anilines is 2. The normalized spacial score (nSPS) is 12.0. The van der Waals surface area contributed by atoms with Crippen molar-refractivity contribution in [3.05, 3.63) is 41.2 Å². The molecule has 0 unspecified atom stereocenters. The third-order valence-electron chi connectivity index (χ3n) is 4.07. The first kappa shape index (κ1) is 19.4. The summed E-state index contributed by atoms with van der Waals surface area (Å²) in [6.45, 7) is 5.15. The molecular formula is C19H28ClN5. The molecule has 0 bridgehead atoms. The lowest BCUT2D eigenvalue weighted by atomic mass is 10.1. The Kier molecular flexibility index (Phi) is 8.46. The van der Waals surface area contributed by atoms with Crippen LogP contribution in [0, 0.1) is 0 Å². The summed E-state index contributed by atoms with van der Waals surface area (Å²) in [6, 6.07) is 10.3. The van der Waals surface area contributed by atoms with Crippen LogP contribution in [0.2, 0.25) is 5.28 Å². The van der Waals surface area contributed by atoms with Crippen LogP contribution in [0.15, 0.2) is 30.3 Å². The number of benzene rings is 1. The first-order valence-corrected chi connectivity index (χ1v) is 9.53. The molecule has 2 N–H and O–H groups in total. The molecule has 25 heavy (non-hydrogen) atoms. The summed E-state index contributed by atoms with van der Waals surface area (Å²) in [4.78, 5) is 12.7. The van der Waals surface area contributed by atoms with Crippen LogP contribution in [0.1, 0.15) is 64.0 Å². The van der Waals surface area contributed by atoms with E-state index in [9.17, 15) is 0 Å². The summed E-state index contributed by atoms with van der Waals surface area (Å²) in [5, 5.41) is 6.72. The Morgan fingerprint density at radius 2 is 1.60 bits per heavy atom. The average Bonchev–Trinajstić information content (AvgIpc) is 2.61. The molecule has 0 amide bonds. The Labute approximate surface area is 155 Å². The van der Waals surface area contributed by atoms with Crippen molar-refractivity contribution in [2.24, 2.45) is 0 Å². The molecule has 0 saturated carbocycles. The predicted octanol–water partition coefficient (Wildman–Crippen LogP) is 5.47. The fourth-order valence-electron chi connectivity index (χ4n) is 2.62. The molecule has 0 radical (unpaired) electrons. The Hall–Kier alpha value is -1.88. The van der Waals surface area contributed by atoms with Crippen LogP contribution in [0.3, 0.4) is 0 Å². The van der Waals surface area contributed by atoms with Gasteiger partial charge in [-0.15, -0.1) is 0 Å². The van der Waals surface area contributed by atoms with Crippen molar-refractivity contribution >= 4 is 23.5 Å². The largest absolute Gasteiger partial charge is 0.354 e. The zero-order valence-corrected chi connectivity index (χ0v) is 15.9. The SMILES string of the molecule is CCCCCCCCNc1nc(Cl)nc(N[C@@H](C)c2ccccc2)n1. The Morgan fingerprint density at radius 3 is 2.36 bits per heavy atom. The number of nitrogens with zero attached hydrogens (tertiary/aromatic N) is 3. The second kappa shape index (κ2) is 10.9. The summed E-state index contributed by atoms with van der Waals surface area (Å²) in [5.41, 5.74) is 1.17. The van der Waals surface area contributed by atoms with E-state index in [1.807, 2.05) is 18.2 Å².